The van der Waals surface area contributed by atoms with Crippen molar-refractivity contribution < 1.29 is 14.7 Å². The van der Waals surface area contributed by atoms with E-state index in [-0.39, 0.29) is 11.3 Å². The van der Waals surface area contributed by atoms with E-state index >= 15 is 0 Å². The molecule has 0 fully saturated rings. The molecule has 2 rings (SSSR count). The molecule has 7 heteroatoms. The highest BCUT2D eigenvalue weighted by atomic mass is 79.9. The second-order valence-electron chi connectivity index (χ2n) is 4.18. The van der Waals surface area contributed by atoms with Gasteiger partial charge in [-0.3, -0.25) is 4.98 Å². The van der Waals surface area contributed by atoms with Crippen molar-refractivity contribution in [2.24, 2.45) is 0 Å². The van der Waals surface area contributed by atoms with Crippen LogP contribution in [0.2, 0.25) is 0 Å². The number of anilines is 2. The van der Waals surface area contributed by atoms with E-state index in [1.807, 2.05) is 0 Å². The predicted molar refractivity (Wildman–Crippen MR) is 82.7 cm³/mol. The summed E-state index contributed by atoms with van der Waals surface area (Å²) >= 11 is 3.23. The van der Waals surface area contributed by atoms with Gasteiger partial charge in [-0.15, -0.1) is 0 Å². The van der Waals surface area contributed by atoms with Crippen molar-refractivity contribution in [3.8, 4) is 0 Å². The molecule has 6 nitrogen and oxygen atoms in total. The molecule has 0 aliphatic heterocycles. The van der Waals surface area contributed by atoms with Crippen molar-refractivity contribution in [1.82, 2.24) is 4.98 Å². The fourth-order valence-electron chi connectivity index (χ4n) is 1.71. The molecule has 0 spiro atoms. The lowest BCUT2D eigenvalue weighted by atomic mass is 10.2. The normalized spacial score (nSPS) is 10.0. The van der Waals surface area contributed by atoms with E-state index < -0.39 is 12.0 Å². The lowest BCUT2D eigenvalue weighted by Crippen LogP contribution is -2.22. The lowest BCUT2D eigenvalue weighted by molar-refractivity contribution is 0.0698. The number of rotatable bonds is 3. The Balaban J connectivity index is 2.21. The third-order valence-electron chi connectivity index (χ3n) is 2.74. The summed E-state index contributed by atoms with van der Waals surface area (Å²) in [7, 11) is 0. The zero-order valence-corrected chi connectivity index (χ0v) is 12.6. The second-order valence-corrected chi connectivity index (χ2v) is 5.04. The Morgan fingerprint density at radius 3 is 2.62 bits per heavy atom. The standard InChI is InChI=1S/C14H12BrN3O3/c1-8-11(6-3-7-16-8)17-14(21)18-12-9(13(19)20)4-2-5-10(12)15/h2-7H,1H3,(H,19,20)(H2,17,18,21). The van der Waals surface area contributed by atoms with Gasteiger partial charge in [0.15, 0.2) is 0 Å². The highest BCUT2D eigenvalue weighted by molar-refractivity contribution is 9.10. The molecule has 2 aromatic rings. The quantitative estimate of drug-likeness (QED) is 0.790. The maximum atomic E-state index is 12.0. The number of pyridine rings is 1. The van der Waals surface area contributed by atoms with Crippen LogP contribution in [0, 0.1) is 6.92 Å². The van der Waals surface area contributed by atoms with Gasteiger partial charge in [0.25, 0.3) is 0 Å². The average Bonchev–Trinajstić information content (AvgIpc) is 2.43. The van der Waals surface area contributed by atoms with E-state index in [0.29, 0.717) is 15.9 Å². The van der Waals surface area contributed by atoms with Crippen molar-refractivity contribution in [1.29, 1.82) is 0 Å². The molecule has 0 bridgehead atoms. The fraction of sp³-hybridized carbons (Fsp3) is 0.0714. The minimum absolute atomic E-state index is 0.00225. The number of nitrogens with one attached hydrogen (secondary N) is 2. The lowest BCUT2D eigenvalue weighted by Gasteiger charge is -2.12. The number of carboxylic acid groups (broad SMARTS) is 1. The molecule has 1 heterocycles. The number of halogens is 1. The highest BCUT2D eigenvalue weighted by Gasteiger charge is 2.15. The molecule has 0 radical (unpaired) electrons. The first-order valence-corrected chi connectivity index (χ1v) is 6.80. The number of carbonyl (C=O) groups excluding carboxylic acids is 1. The summed E-state index contributed by atoms with van der Waals surface area (Å²) < 4.78 is 0.487. The number of carbonyl (C=O) groups is 2. The smallest absolute Gasteiger partial charge is 0.337 e. The number of amides is 2. The summed E-state index contributed by atoms with van der Waals surface area (Å²) in [5.41, 5.74) is 1.42. The Hall–Kier alpha value is -2.41. The molecule has 0 unspecified atom stereocenters. The number of carboxylic acids is 1. The van der Waals surface area contributed by atoms with Crippen LogP contribution in [0.15, 0.2) is 41.0 Å². The predicted octanol–water partition coefficient (Wildman–Crippen LogP) is 3.49. The third kappa shape index (κ3) is 3.57. The average molecular weight is 350 g/mol. The molecular formula is C14H12BrN3O3. The Bertz CT molecular complexity index is 704. The van der Waals surface area contributed by atoms with Crippen LogP contribution >= 0.6 is 15.9 Å². The third-order valence-corrected chi connectivity index (χ3v) is 3.40. The van der Waals surface area contributed by atoms with Crippen LogP contribution in [0.25, 0.3) is 0 Å². The molecule has 0 aliphatic carbocycles. The largest absolute Gasteiger partial charge is 0.478 e. The van der Waals surface area contributed by atoms with E-state index in [0.717, 1.165) is 0 Å². The maximum Gasteiger partial charge on any atom is 0.337 e. The van der Waals surface area contributed by atoms with E-state index in [9.17, 15) is 9.59 Å². The number of aryl methyl sites for hydroxylation is 1. The van der Waals surface area contributed by atoms with Gasteiger partial charge in [-0.25, -0.2) is 9.59 Å². The van der Waals surface area contributed by atoms with Gasteiger partial charge < -0.3 is 15.7 Å². The zero-order chi connectivity index (χ0) is 15.4. The number of benzene rings is 1. The van der Waals surface area contributed by atoms with E-state index in [4.69, 9.17) is 5.11 Å². The molecule has 108 valence electrons. The van der Waals surface area contributed by atoms with Gasteiger partial charge in [0.2, 0.25) is 0 Å². The fourth-order valence-corrected chi connectivity index (χ4v) is 2.18. The van der Waals surface area contributed by atoms with Crippen molar-refractivity contribution in [3.05, 3.63) is 52.3 Å². The zero-order valence-electron chi connectivity index (χ0n) is 11.1. The highest BCUT2D eigenvalue weighted by Crippen LogP contribution is 2.26. The first-order valence-electron chi connectivity index (χ1n) is 6.00. The number of nitrogens with zero attached hydrogens (tertiary/aromatic N) is 1. The molecule has 0 atom stereocenters. The molecule has 21 heavy (non-hydrogen) atoms. The maximum absolute atomic E-state index is 12.0. The van der Waals surface area contributed by atoms with Crippen LogP contribution in [-0.2, 0) is 0 Å². The second kappa shape index (κ2) is 6.36. The molecule has 1 aromatic heterocycles. The molecule has 2 amide bonds. The van der Waals surface area contributed by atoms with Crippen LogP contribution in [0.5, 0.6) is 0 Å². The minimum atomic E-state index is -1.12. The Labute approximate surface area is 129 Å². The molecule has 0 aliphatic rings. The summed E-state index contributed by atoms with van der Waals surface area (Å²) in [6.07, 6.45) is 1.62. The number of urea groups is 1. The van der Waals surface area contributed by atoms with Gasteiger partial charge in [0, 0.05) is 10.7 Å². The molecule has 3 N–H and O–H groups in total. The summed E-state index contributed by atoms with van der Waals surface area (Å²) in [6, 6.07) is 7.52. The first kappa shape index (κ1) is 15.0. The van der Waals surface area contributed by atoms with Crippen LogP contribution in [0.3, 0.4) is 0 Å². The topological polar surface area (TPSA) is 91.3 Å². The number of aromatic carboxylic acids is 1. The number of hydrogen-bond acceptors (Lipinski definition) is 3. The summed E-state index contributed by atoms with van der Waals surface area (Å²) in [4.78, 5) is 27.2. The van der Waals surface area contributed by atoms with Gasteiger partial charge in [-0.1, -0.05) is 6.07 Å². The summed E-state index contributed by atoms with van der Waals surface area (Å²) in [6.45, 7) is 1.76. The monoisotopic (exact) mass is 349 g/mol. The number of para-hydroxylation sites is 1. The number of hydrogen-bond donors (Lipinski definition) is 3. The molecule has 0 saturated carbocycles. The van der Waals surface area contributed by atoms with Crippen molar-refractivity contribution in [2.45, 2.75) is 6.92 Å². The van der Waals surface area contributed by atoms with Gasteiger partial charge >= 0.3 is 12.0 Å². The van der Waals surface area contributed by atoms with E-state index in [1.165, 1.54) is 6.07 Å². The van der Waals surface area contributed by atoms with Crippen LogP contribution in [0.1, 0.15) is 16.1 Å². The van der Waals surface area contributed by atoms with Gasteiger partial charge in [0.1, 0.15) is 0 Å². The van der Waals surface area contributed by atoms with Crippen LogP contribution < -0.4 is 10.6 Å². The van der Waals surface area contributed by atoms with Gasteiger partial charge in [-0.2, -0.15) is 0 Å². The van der Waals surface area contributed by atoms with Crippen molar-refractivity contribution in [3.63, 3.8) is 0 Å². The number of aromatic nitrogens is 1. The molecular weight excluding hydrogens is 338 g/mol. The van der Waals surface area contributed by atoms with Crippen molar-refractivity contribution in [2.75, 3.05) is 10.6 Å². The summed E-state index contributed by atoms with van der Waals surface area (Å²) in [5, 5.41) is 14.3. The van der Waals surface area contributed by atoms with E-state index in [2.05, 4.69) is 31.5 Å². The Morgan fingerprint density at radius 2 is 1.95 bits per heavy atom. The first-order chi connectivity index (χ1) is 9.99. The minimum Gasteiger partial charge on any atom is -0.478 e. The van der Waals surface area contributed by atoms with E-state index in [1.54, 1.807) is 37.4 Å². The van der Waals surface area contributed by atoms with Gasteiger partial charge in [-0.05, 0) is 47.1 Å². The Kier molecular flexibility index (Phi) is 4.54. The molecule has 1 aromatic carbocycles. The summed E-state index contributed by atoms with van der Waals surface area (Å²) in [5.74, 6) is -1.12. The van der Waals surface area contributed by atoms with Gasteiger partial charge in [0.05, 0.1) is 22.6 Å². The van der Waals surface area contributed by atoms with Crippen LogP contribution in [-0.4, -0.2) is 22.1 Å². The van der Waals surface area contributed by atoms with Crippen LogP contribution in [0.4, 0.5) is 16.2 Å². The van der Waals surface area contributed by atoms with Crippen molar-refractivity contribution >= 4 is 39.3 Å². The molecule has 0 saturated heterocycles. The Morgan fingerprint density at radius 1 is 1.19 bits per heavy atom. The SMILES string of the molecule is Cc1ncccc1NC(=O)Nc1c(Br)cccc1C(=O)O.